The molecule has 1 fully saturated rings. The minimum absolute atomic E-state index is 0.135. The first-order chi connectivity index (χ1) is 15.9. The summed E-state index contributed by atoms with van der Waals surface area (Å²) in [5.41, 5.74) is 4.26. The van der Waals surface area contributed by atoms with Crippen LogP contribution in [-0.2, 0) is 17.6 Å². The van der Waals surface area contributed by atoms with E-state index >= 15 is 0 Å². The summed E-state index contributed by atoms with van der Waals surface area (Å²) in [6.07, 6.45) is 2.77. The summed E-state index contributed by atoms with van der Waals surface area (Å²) < 4.78 is 33.4. The van der Waals surface area contributed by atoms with E-state index in [0.717, 1.165) is 47.9 Å². The van der Waals surface area contributed by atoms with Crippen molar-refractivity contribution in [2.75, 3.05) is 20.2 Å². The molecule has 0 aliphatic carbocycles. The third kappa shape index (κ3) is 5.58. The van der Waals surface area contributed by atoms with Crippen molar-refractivity contribution in [1.29, 1.82) is 0 Å². The molecule has 4 rings (SSSR count). The first-order valence-electron chi connectivity index (χ1n) is 11.3. The normalized spacial score (nSPS) is 15.2. The Morgan fingerprint density at radius 2 is 1.85 bits per heavy atom. The molecule has 0 bridgehead atoms. The van der Waals surface area contributed by atoms with E-state index in [1.165, 1.54) is 23.8 Å². The number of hydrogen-bond donors (Lipinski definition) is 0. The second-order valence-electron chi connectivity index (χ2n) is 8.53. The Labute approximate surface area is 198 Å². The Hall–Kier alpha value is -2.80. The van der Waals surface area contributed by atoms with Crippen LogP contribution in [0, 0.1) is 25.5 Å². The van der Waals surface area contributed by atoms with Gasteiger partial charge in [-0.1, -0.05) is 18.2 Å². The van der Waals surface area contributed by atoms with Crippen LogP contribution in [-0.4, -0.2) is 36.1 Å². The van der Waals surface area contributed by atoms with E-state index in [1.54, 1.807) is 18.4 Å². The number of likely N-dealkylation sites (tertiary alicyclic amines) is 1. The monoisotopic (exact) mass is 469 g/mol. The number of hydrogen-bond acceptors (Lipinski definition) is 4. The Morgan fingerprint density at radius 1 is 1.12 bits per heavy atom. The molecular formula is C26H29F2N3OS. The van der Waals surface area contributed by atoms with Gasteiger partial charge in [0.15, 0.2) is 0 Å². The number of amidine groups is 1. The lowest BCUT2D eigenvalue weighted by atomic mass is 9.98. The van der Waals surface area contributed by atoms with Crippen molar-refractivity contribution < 1.29 is 13.5 Å². The molecular weight excluding hydrogens is 440 g/mol. The quantitative estimate of drug-likeness (QED) is 0.323. The van der Waals surface area contributed by atoms with Crippen molar-refractivity contribution in [2.24, 2.45) is 4.99 Å². The number of halogens is 2. The summed E-state index contributed by atoms with van der Waals surface area (Å²) in [6.45, 7) is 5.80. The van der Waals surface area contributed by atoms with Crippen molar-refractivity contribution in [1.82, 2.24) is 9.88 Å². The molecule has 2 heterocycles. The van der Waals surface area contributed by atoms with Crippen LogP contribution in [0.15, 0.2) is 46.8 Å². The van der Waals surface area contributed by atoms with Gasteiger partial charge in [0.25, 0.3) is 6.02 Å². The van der Waals surface area contributed by atoms with Crippen molar-refractivity contribution in [3.8, 4) is 0 Å². The second kappa shape index (κ2) is 10.4. The van der Waals surface area contributed by atoms with Gasteiger partial charge in [0.05, 0.1) is 23.5 Å². The van der Waals surface area contributed by atoms with Crippen molar-refractivity contribution in [3.63, 3.8) is 0 Å². The van der Waals surface area contributed by atoms with Gasteiger partial charge in [-0.15, -0.1) is 11.3 Å². The standard InChI is InChI=1S/C26H29F2N3OS/c1-17-7-8-18(2)24(15-17)30-26(32-3)31-13-11-19(12-14-31)25-29-20(16-33-25)9-10-21-22(27)5-4-6-23(21)28/h4-8,15-16,19H,9-14H2,1-3H3/b30-26-. The van der Waals surface area contributed by atoms with Crippen LogP contribution < -0.4 is 0 Å². The molecule has 174 valence electrons. The Morgan fingerprint density at radius 3 is 2.55 bits per heavy atom. The van der Waals surface area contributed by atoms with Gasteiger partial charge in [-0.25, -0.2) is 13.8 Å². The zero-order valence-electron chi connectivity index (χ0n) is 19.3. The van der Waals surface area contributed by atoms with E-state index < -0.39 is 11.6 Å². The van der Waals surface area contributed by atoms with Crippen molar-refractivity contribution >= 4 is 23.0 Å². The molecule has 0 atom stereocenters. The molecule has 0 spiro atoms. The fourth-order valence-corrected chi connectivity index (χ4v) is 5.18. The molecule has 0 N–H and O–H groups in total. The fraction of sp³-hybridized carbons (Fsp3) is 0.385. The molecule has 0 amide bonds. The average molecular weight is 470 g/mol. The number of aromatic nitrogens is 1. The molecule has 1 aromatic heterocycles. The van der Waals surface area contributed by atoms with Crippen LogP contribution in [0.2, 0.25) is 0 Å². The van der Waals surface area contributed by atoms with Gasteiger partial charge < -0.3 is 9.64 Å². The molecule has 2 aromatic carbocycles. The molecule has 7 heteroatoms. The third-order valence-electron chi connectivity index (χ3n) is 6.14. The Bertz CT molecular complexity index is 1120. The van der Waals surface area contributed by atoms with Gasteiger partial charge >= 0.3 is 0 Å². The van der Waals surface area contributed by atoms with E-state index in [4.69, 9.17) is 14.7 Å². The zero-order valence-corrected chi connectivity index (χ0v) is 20.1. The minimum Gasteiger partial charge on any atom is -0.468 e. The summed E-state index contributed by atoms with van der Waals surface area (Å²) in [6, 6.07) is 10.9. The van der Waals surface area contributed by atoms with Gasteiger partial charge in [-0.3, -0.25) is 0 Å². The van der Waals surface area contributed by atoms with Gasteiger partial charge in [-0.05, 0) is 68.9 Å². The second-order valence-corrected chi connectivity index (χ2v) is 9.42. The fourth-order valence-electron chi connectivity index (χ4n) is 4.16. The van der Waals surface area contributed by atoms with Crippen LogP contribution >= 0.6 is 11.3 Å². The summed E-state index contributed by atoms with van der Waals surface area (Å²) in [5.74, 6) is -0.604. The number of piperidine rings is 1. The number of aryl methyl sites for hydroxylation is 3. The Balaban J connectivity index is 1.36. The van der Waals surface area contributed by atoms with Crippen LogP contribution in [0.1, 0.15) is 46.2 Å². The number of ether oxygens (including phenoxy) is 1. The molecule has 1 aliphatic heterocycles. The number of benzene rings is 2. The molecule has 1 saturated heterocycles. The summed E-state index contributed by atoms with van der Waals surface area (Å²) in [4.78, 5) is 11.7. The van der Waals surface area contributed by atoms with E-state index in [0.29, 0.717) is 24.8 Å². The van der Waals surface area contributed by atoms with Crippen LogP contribution in [0.25, 0.3) is 0 Å². The predicted octanol–water partition coefficient (Wildman–Crippen LogP) is 6.34. The topological polar surface area (TPSA) is 37.7 Å². The van der Waals surface area contributed by atoms with Gasteiger partial charge in [0.1, 0.15) is 11.6 Å². The van der Waals surface area contributed by atoms with E-state index in [2.05, 4.69) is 36.9 Å². The number of rotatable bonds is 5. The van der Waals surface area contributed by atoms with Crippen molar-refractivity contribution in [2.45, 2.75) is 45.4 Å². The van der Waals surface area contributed by atoms with E-state index in [-0.39, 0.29) is 5.56 Å². The lowest BCUT2D eigenvalue weighted by Crippen LogP contribution is -2.38. The third-order valence-corrected chi connectivity index (χ3v) is 7.20. The highest BCUT2D eigenvalue weighted by atomic mass is 32.1. The number of aliphatic imine (C=N–C) groups is 1. The summed E-state index contributed by atoms with van der Waals surface area (Å²) in [7, 11) is 1.67. The zero-order chi connectivity index (χ0) is 23.4. The van der Waals surface area contributed by atoms with Gasteiger partial charge in [0, 0.05) is 30.0 Å². The Kier molecular flexibility index (Phi) is 7.38. The largest absolute Gasteiger partial charge is 0.468 e. The van der Waals surface area contributed by atoms with Crippen molar-refractivity contribution in [3.05, 3.63) is 80.8 Å². The number of thiazole rings is 1. The molecule has 3 aromatic rings. The lowest BCUT2D eigenvalue weighted by Gasteiger charge is -2.32. The minimum atomic E-state index is -0.491. The summed E-state index contributed by atoms with van der Waals surface area (Å²) >= 11 is 1.64. The number of nitrogens with zero attached hydrogens (tertiary/aromatic N) is 3. The molecule has 4 nitrogen and oxygen atoms in total. The van der Waals surface area contributed by atoms with Crippen LogP contribution in [0.3, 0.4) is 0 Å². The first-order valence-corrected chi connectivity index (χ1v) is 12.1. The number of methoxy groups -OCH3 is 1. The summed E-state index contributed by atoms with van der Waals surface area (Å²) in [5, 5.41) is 3.12. The maximum absolute atomic E-state index is 13.9. The van der Waals surface area contributed by atoms with Gasteiger partial charge in [0.2, 0.25) is 0 Å². The molecule has 0 saturated carbocycles. The maximum Gasteiger partial charge on any atom is 0.292 e. The SMILES string of the molecule is CO/C(=N\c1cc(C)ccc1C)N1CCC(c2nc(CCc3c(F)cccc3F)cs2)CC1. The highest BCUT2D eigenvalue weighted by Gasteiger charge is 2.25. The molecule has 0 radical (unpaired) electrons. The lowest BCUT2D eigenvalue weighted by molar-refractivity contribution is 0.239. The van der Waals surface area contributed by atoms with Crippen LogP contribution in [0.4, 0.5) is 14.5 Å². The van der Waals surface area contributed by atoms with E-state index in [1.807, 2.05) is 5.38 Å². The smallest absolute Gasteiger partial charge is 0.292 e. The molecule has 0 unspecified atom stereocenters. The average Bonchev–Trinajstić information content (AvgIpc) is 3.28. The van der Waals surface area contributed by atoms with Gasteiger partial charge in [-0.2, -0.15) is 4.99 Å². The van der Waals surface area contributed by atoms with E-state index in [9.17, 15) is 8.78 Å². The van der Waals surface area contributed by atoms with Crippen LogP contribution in [0.5, 0.6) is 0 Å². The molecule has 33 heavy (non-hydrogen) atoms. The molecule has 1 aliphatic rings. The first kappa shape index (κ1) is 23.4. The highest BCUT2D eigenvalue weighted by molar-refractivity contribution is 7.09. The highest BCUT2D eigenvalue weighted by Crippen LogP contribution is 2.31. The predicted molar refractivity (Wildman–Crippen MR) is 129 cm³/mol. The maximum atomic E-state index is 13.9.